The van der Waals surface area contributed by atoms with Crippen LogP contribution in [0, 0.1) is 5.92 Å². The van der Waals surface area contributed by atoms with E-state index in [1.54, 1.807) is 0 Å². The third-order valence-electron chi connectivity index (χ3n) is 1.99. The Kier molecular flexibility index (Phi) is 7.07. The van der Waals surface area contributed by atoms with Gasteiger partial charge in [0.1, 0.15) is 6.61 Å². The van der Waals surface area contributed by atoms with Crippen molar-refractivity contribution in [3.63, 3.8) is 0 Å². The highest BCUT2D eigenvalue weighted by molar-refractivity contribution is 5.67. The van der Waals surface area contributed by atoms with Gasteiger partial charge in [-0.1, -0.05) is 13.8 Å². The summed E-state index contributed by atoms with van der Waals surface area (Å²) in [4.78, 5) is 13.2. The van der Waals surface area contributed by atoms with E-state index in [2.05, 4.69) is 5.32 Å². The van der Waals surface area contributed by atoms with Crippen LogP contribution in [0.5, 0.6) is 0 Å². The van der Waals surface area contributed by atoms with Crippen LogP contribution in [-0.4, -0.2) is 56.0 Å². The number of nitrogens with one attached hydrogen (secondary N) is 1. The smallest absolute Gasteiger partial charge is 0.407 e. The number of carbonyl (C=O) groups is 1. The highest BCUT2D eigenvalue weighted by Gasteiger charge is 2.17. The molecule has 0 radical (unpaired) electrons. The lowest BCUT2D eigenvalue weighted by atomic mass is 10.0. The normalized spacial score (nSPS) is 13.0. The van der Waals surface area contributed by atoms with Crippen LogP contribution in [-0.2, 0) is 4.74 Å². The van der Waals surface area contributed by atoms with E-state index in [1.165, 1.54) is 0 Å². The molecule has 0 aromatic rings. The molecule has 0 fully saturated rings. The molecule has 0 heterocycles. The molecule has 90 valence electrons. The van der Waals surface area contributed by atoms with E-state index in [9.17, 15) is 4.79 Å². The number of hydrogen-bond acceptors (Lipinski definition) is 4. The third kappa shape index (κ3) is 7.16. The summed E-state index contributed by atoms with van der Waals surface area (Å²) in [5.74, 6) is 0.342. The van der Waals surface area contributed by atoms with Gasteiger partial charge in [-0.05, 0) is 20.0 Å². The van der Waals surface area contributed by atoms with Crippen molar-refractivity contribution in [3.05, 3.63) is 0 Å². The minimum Gasteiger partial charge on any atom is -0.447 e. The molecule has 1 unspecified atom stereocenters. The lowest BCUT2D eigenvalue weighted by Gasteiger charge is -2.25. The van der Waals surface area contributed by atoms with Gasteiger partial charge in [0.25, 0.3) is 0 Å². The SMILES string of the molecule is CC(C)C(CN(C)C)NC(=O)OCCO. The Morgan fingerprint density at radius 3 is 2.47 bits per heavy atom. The van der Waals surface area contributed by atoms with E-state index >= 15 is 0 Å². The van der Waals surface area contributed by atoms with E-state index in [4.69, 9.17) is 9.84 Å². The lowest BCUT2D eigenvalue weighted by Crippen LogP contribution is -2.45. The van der Waals surface area contributed by atoms with Crippen LogP contribution < -0.4 is 5.32 Å². The number of carbonyl (C=O) groups excluding carboxylic acids is 1. The average molecular weight is 218 g/mol. The van der Waals surface area contributed by atoms with Crippen LogP contribution in [0.3, 0.4) is 0 Å². The van der Waals surface area contributed by atoms with Crippen LogP contribution in [0.2, 0.25) is 0 Å². The van der Waals surface area contributed by atoms with Crippen LogP contribution in [0.4, 0.5) is 4.79 Å². The first-order valence-corrected chi connectivity index (χ1v) is 5.16. The van der Waals surface area contributed by atoms with Gasteiger partial charge in [0.2, 0.25) is 0 Å². The molecule has 5 nitrogen and oxygen atoms in total. The number of likely N-dealkylation sites (N-methyl/N-ethyl adjacent to an activating group) is 1. The number of hydrogen-bond donors (Lipinski definition) is 2. The molecule has 0 saturated heterocycles. The molecule has 0 bridgehead atoms. The van der Waals surface area contributed by atoms with Gasteiger partial charge in [0, 0.05) is 12.6 Å². The number of nitrogens with zero attached hydrogens (tertiary/aromatic N) is 1. The Bertz CT molecular complexity index is 184. The molecular weight excluding hydrogens is 196 g/mol. The zero-order chi connectivity index (χ0) is 11.8. The molecule has 1 amide bonds. The first-order chi connectivity index (χ1) is 6.97. The summed E-state index contributed by atoms with van der Waals surface area (Å²) in [6.45, 7) is 4.75. The maximum Gasteiger partial charge on any atom is 0.407 e. The number of alkyl carbamates (subject to hydrolysis) is 1. The molecule has 1 atom stereocenters. The van der Waals surface area contributed by atoms with Crippen molar-refractivity contribution in [2.24, 2.45) is 5.92 Å². The minimum atomic E-state index is -0.468. The zero-order valence-corrected chi connectivity index (χ0v) is 9.99. The molecule has 0 rings (SSSR count). The van der Waals surface area contributed by atoms with Gasteiger partial charge in [0.15, 0.2) is 0 Å². The highest BCUT2D eigenvalue weighted by atomic mass is 16.6. The summed E-state index contributed by atoms with van der Waals surface area (Å²) < 4.78 is 4.73. The molecule has 0 spiro atoms. The molecule has 0 saturated carbocycles. The average Bonchev–Trinajstić information content (AvgIpc) is 2.12. The summed E-state index contributed by atoms with van der Waals surface area (Å²) >= 11 is 0. The monoisotopic (exact) mass is 218 g/mol. The van der Waals surface area contributed by atoms with Gasteiger partial charge in [-0.3, -0.25) is 0 Å². The summed E-state index contributed by atoms with van der Waals surface area (Å²) in [5.41, 5.74) is 0. The van der Waals surface area contributed by atoms with Crippen molar-refractivity contribution >= 4 is 6.09 Å². The predicted molar refractivity (Wildman–Crippen MR) is 58.7 cm³/mol. The fourth-order valence-corrected chi connectivity index (χ4v) is 1.15. The van der Waals surface area contributed by atoms with E-state index in [0.29, 0.717) is 5.92 Å². The van der Waals surface area contributed by atoms with Gasteiger partial charge in [-0.2, -0.15) is 0 Å². The number of aliphatic hydroxyl groups is 1. The van der Waals surface area contributed by atoms with Crippen LogP contribution in [0.25, 0.3) is 0 Å². The summed E-state index contributed by atoms with van der Waals surface area (Å²) in [5, 5.41) is 11.3. The number of rotatable bonds is 6. The molecule has 0 aliphatic carbocycles. The Hall–Kier alpha value is -0.810. The molecular formula is C10H22N2O3. The van der Waals surface area contributed by atoms with Crippen molar-refractivity contribution < 1.29 is 14.6 Å². The number of ether oxygens (including phenoxy) is 1. The number of aliphatic hydroxyl groups excluding tert-OH is 1. The molecule has 5 heteroatoms. The van der Waals surface area contributed by atoms with E-state index in [-0.39, 0.29) is 19.3 Å². The van der Waals surface area contributed by atoms with Crippen molar-refractivity contribution in [1.29, 1.82) is 0 Å². The van der Waals surface area contributed by atoms with Gasteiger partial charge in [-0.25, -0.2) is 4.79 Å². The Morgan fingerprint density at radius 2 is 2.07 bits per heavy atom. The standard InChI is InChI=1S/C10H22N2O3/c1-8(2)9(7-12(3)4)11-10(14)15-6-5-13/h8-9,13H,5-7H2,1-4H3,(H,11,14). The van der Waals surface area contributed by atoms with E-state index in [1.807, 2.05) is 32.8 Å². The summed E-state index contributed by atoms with van der Waals surface area (Å²) in [7, 11) is 3.91. The van der Waals surface area contributed by atoms with Crippen molar-refractivity contribution in [3.8, 4) is 0 Å². The fraction of sp³-hybridized carbons (Fsp3) is 0.900. The minimum absolute atomic E-state index is 0.0403. The Morgan fingerprint density at radius 1 is 1.47 bits per heavy atom. The first kappa shape index (κ1) is 14.2. The largest absolute Gasteiger partial charge is 0.447 e. The van der Waals surface area contributed by atoms with E-state index < -0.39 is 6.09 Å². The summed E-state index contributed by atoms with van der Waals surface area (Å²) in [6, 6.07) is 0.0613. The van der Waals surface area contributed by atoms with Crippen LogP contribution >= 0.6 is 0 Å². The molecule has 0 aromatic heterocycles. The second kappa shape index (κ2) is 7.48. The van der Waals surface area contributed by atoms with Crippen LogP contribution in [0.15, 0.2) is 0 Å². The lowest BCUT2D eigenvalue weighted by molar-refractivity contribution is 0.112. The van der Waals surface area contributed by atoms with Crippen molar-refractivity contribution in [2.75, 3.05) is 33.9 Å². The zero-order valence-electron chi connectivity index (χ0n) is 9.99. The van der Waals surface area contributed by atoms with Gasteiger partial charge in [0.05, 0.1) is 6.61 Å². The van der Waals surface area contributed by atoms with Gasteiger partial charge < -0.3 is 20.1 Å². The summed E-state index contributed by atoms with van der Waals surface area (Å²) in [6.07, 6.45) is -0.468. The quantitative estimate of drug-likeness (QED) is 0.672. The first-order valence-electron chi connectivity index (χ1n) is 5.16. The van der Waals surface area contributed by atoms with Gasteiger partial charge >= 0.3 is 6.09 Å². The Balaban J connectivity index is 3.99. The second-order valence-electron chi connectivity index (χ2n) is 4.12. The maximum absolute atomic E-state index is 11.2. The fourth-order valence-electron chi connectivity index (χ4n) is 1.15. The molecule has 0 aromatic carbocycles. The van der Waals surface area contributed by atoms with Crippen molar-refractivity contribution in [2.45, 2.75) is 19.9 Å². The predicted octanol–water partition coefficient (Wildman–Crippen LogP) is 0.291. The molecule has 15 heavy (non-hydrogen) atoms. The third-order valence-corrected chi connectivity index (χ3v) is 1.99. The Labute approximate surface area is 91.4 Å². The number of amides is 1. The van der Waals surface area contributed by atoms with E-state index in [0.717, 1.165) is 6.54 Å². The second-order valence-corrected chi connectivity index (χ2v) is 4.12. The molecule has 0 aliphatic rings. The molecule has 0 aliphatic heterocycles. The van der Waals surface area contributed by atoms with Crippen molar-refractivity contribution in [1.82, 2.24) is 10.2 Å². The van der Waals surface area contributed by atoms with Crippen LogP contribution in [0.1, 0.15) is 13.8 Å². The topological polar surface area (TPSA) is 61.8 Å². The van der Waals surface area contributed by atoms with Gasteiger partial charge in [-0.15, -0.1) is 0 Å². The maximum atomic E-state index is 11.2. The highest BCUT2D eigenvalue weighted by Crippen LogP contribution is 2.02. The molecule has 2 N–H and O–H groups in total.